The monoisotopic (exact) mass is 252 g/mol. The van der Waals surface area contributed by atoms with Crippen molar-refractivity contribution < 1.29 is 4.79 Å². The Balaban J connectivity index is 4.52. The van der Waals surface area contributed by atoms with Crippen LogP contribution >= 0.6 is 0 Å². The summed E-state index contributed by atoms with van der Waals surface area (Å²) >= 11 is 0. The van der Waals surface area contributed by atoms with Crippen LogP contribution in [0.2, 0.25) is 0 Å². The maximum atomic E-state index is 11.9. The smallest absolute Gasteiger partial charge is 0.249 e. The molecule has 0 aliphatic heterocycles. The van der Waals surface area contributed by atoms with E-state index in [0.29, 0.717) is 17.7 Å². The van der Waals surface area contributed by atoms with Gasteiger partial charge in [0, 0.05) is 37.0 Å². The van der Waals surface area contributed by atoms with Crippen LogP contribution in [-0.2, 0) is 4.79 Å². The molecular weight excluding hydrogens is 228 g/mol. The molecule has 0 bridgehead atoms. The Labute approximate surface area is 109 Å². The fourth-order valence-electron chi connectivity index (χ4n) is 1.33. The van der Waals surface area contributed by atoms with Crippen LogP contribution in [0.25, 0.3) is 0 Å². The quantitative estimate of drug-likeness (QED) is 0.276. The van der Waals surface area contributed by atoms with Gasteiger partial charge in [0.25, 0.3) is 0 Å². The SMILES string of the molecule is C/C=C\C(N)=C(/C)C(=O)NC(CC)C/C=N\NC. The Kier molecular flexibility index (Phi) is 8.35. The van der Waals surface area contributed by atoms with Crippen LogP contribution < -0.4 is 16.5 Å². The molecule has 4 N–H and O–H groups in total. The number of nitrogens with two attached hydrogens (primary N) is 1. The molecule has 0 aromatic carbocycles. The number of hydrogen-bond donors (Lipinski definition) is 3. The van der Waals surface area contributed by atoms with Crippen LogP contribution in [0.3, 0.4) is 0 Å². The maximum Gasteiger partial charge on any atom is 0.249 e. The van der Waals surface area contributed by atoms with Crippen molar-refractivity contribution in [3.63, 3.8) is 0 Å². The highest BCUT2D eigenvalue weighted by Crippen LogP contribution is 2.03. The first-order chi connectivity index (χ1) is 8.56. The summed E-state index contributed by atoms with van der Waals surface area (Å²) in [5, 5.41) is 6.84. The van der Waals surface area contributed by atoms with Crippen molar-refractivity contribution in [2.45, 2.75) is 39.7 Å². The van der Waals surface area contributed by atoms with Gasteiger partial charge < -0.3 is 16.5 Å². The van der Waals surface area contributed by atoms with Crippen molar-refractivity contribution in [2.24, 2.45) is 10.8 Å². The zero-order chi connectivity index (χ0) is 14.0. The summed E-state index contributed by atoms with van der Waals surface area (Å²) in [5.74, 6) is -0.129. The van der Waals surface area contributed by atoms with E-state index >= 15 is 0 Å². The third-order valence-corrected chi connectivity index (χ3v) is 2.56. The van der Waals surface area contributed by atoms with Gasteiger partial charge in [-0.3, -0.25) is 4.79 Å². The molecular formula is C13H24N4O. The van der Waals surface area contributed by atoms with E-state index in [1.165, 1.54) is 0 Å². The molecule has 0 heterocycles. The Morgan fingerprint density at radius 1 is 1.50 bits per heavy atom. The standard InChI is InChI=1S/C13H24N4O/c1-5-7-12(14)10(3)13(18)17-11(6-2)8-9-16-15-4/h5,7,9,11,15H,6,8,14H2,1-4H3,(H,17,18)/b7-5-,12-10-,16-9-. The second kappa shape index (κ2) is 9.27. The minimum absolute atomic E-state index is 0.0722. The van der Waals surface area contributed by atoms with Gasteiger partial charge in [0.2, 0.25) is 5.91 Å². The third-order valence-electron chi connectivity index (χ3n) is 2.56. The third kappa shape index (κ3) is 6.08. The number of nitrogens with one attached hydrogen (secondary N) is 2. The molecule has 0 aliphatic rings. The fourth-order valence-corrected chi connectivity index (χ4v) is 1.33. The number of carbonyl (C=O) groups excluding carboxylic acids is 1. The van der Waals surface area contributed by atoms with Gasteiger partial charge in [-0.15, -0.1) is 0 Å². The second-order valence-corrected chi connectivity index (χ2v) is 3.93. The van der Waals surface area contributed by atoms with Crippen molar-refractivity contribution in [3.8, 4) is 0 Å². The van der Waals surface area contributed by atoms with Crippen molar-refractivity contribution in [3.05, 3.63) is 23.4 Å². The van der Waals surface area contributed by atoms with Crippen LogP contribution in [0.15, 0.2) is 28.5 Å². The molecule has 1 atom stereocenters. The van der Waals surface area contributed by atoms with Crippen LogP contribution in [-0.4, -0.2) is 25.2 Å². The van der Waals surface area contributed by atoms with E-state index in [1.807, 2.05) is 19.9 Å². The highest BCUT2D eigenvalue weighted by molar-refractivity contribution is 5.94. The summed E-state index contributed by atoms with van der Waals surface area (Å²) in [6.45, 7) is 5.60. The average Bonchev–Trinajstić information content (AvgIpc) is 2.36. The number of amides is 1. The van der Waals surface area contributed by atoms with Crippen LogP contribution in [0, 0.1) is 0 Å². The summed E-state index contributed by atoms with van der Waals surface area (Å²) in [4.78, 5) is 11.9. The molecule has 1 unspecified atom stereocenters. The van der Waals surface area contributed by atoms with Crippen molar-refractivity contribution in [1.29, 1.82) is 0 Å². The first-order valence-corrected chi connectivity index (χ1v) is 6.14. The molecule has 0 radical (unpaired) electrons. The van der Waals surface area contributed by atoms with Gasteiger partial charge in [-0.25, -0.2) is 0 Å². The zero-order valence-corrected chi connectivity index (χ0v) is 11.7. The number of hydrazone groups is 1. The van der Waals surface area contributed by atoms with E-state index in [1.54, 1.807) is 26.3 Å². The topological polar surface area (TPSA) is 79.5 Å². The molecule has 0 rings (SSSR count). The second-order valence-electron chi connectivity index (χ2n) is 3.93. The van der Waals surface area contributed by atoms with Gasteiger partial charge in [0.15, 0.2) is 0 Å². The van der Waals surface area contributed by atoms with Gasteiger partial charge >= 0.3 is 0 Å². The number of allylic oxidation sites excluding steroid dienone is 2. The normalized spacial score (nSPS) is 14.7. The van der Waals surface area contributed by atoms with Crippen molar-refractivity contribution in [1.82, 2.24) is 10.7 Å². The number of nitrogens with zero attached hydrogens (tertiary/aromatic N) is 1. The predicted octanol–water partition coefficient (Wildman–Crippen LogP) is 1.29. The summed E-state index contributed by atoms with van der Waals surface area (Å²) in [6.07, 6.45) is 6.82. The van der Waals surface area contributed by atoms with E-state index < -0.39 is 0 Å². The van der Waals surface area contributed by atoms with E-state index in [0.717, 1.165) is 6.42 Å². The van der Waals surface area contributed by atoms with E-state index in [-0.39, 0.29) is 11.9 Å². The average molecular weight is 252 g/mol. The van der Waals surface area contributed by atoms with E-state index in [9.17, 15) is 4.79 Å². The molecule has 0 aromatic heterocycles. The zero-order valence-electron chi connectivity index (χ0n) is 11.7. The van der Waals surface area contributed by atoms with Crippen molar-refractivity contribution >= 4 is 12.1 Å². The van der Waals surface area contributed by atoms with E-state index in [4.69, 9.17) is 5.73 Å². The molecule has 18 heavy (non-hydrogen) atoms. The lowest BCUT2D eigenvalue weighted by Gasteiger charge is -2.15. The van der Waals surface area contributed by atoms with E-state index in [2.05, 4.69) is 15.8 Å². The molecule has 0 aromatic rings. The lowest BCUT2D eigenvalue weighted by atomic mass is 10.1. The number of hydrogen-bond acceptors (Lipinski definition) is 4. The Morgan fingerprint density at radius 2 is 2.17 bits per heavy atom. The highest BCUT2D eigenvalue weighted by atomic mass is 16.1. The lowest BCUT2D eigenvalue weighted by molar-refractivity contribution is -0.118. The predicted molar refractivity (Wildman–Crippen MR) is 76.1 cm³/mol. The van der Waals surface area contributed by atoms with Gasteiger partial charge in [-0.05, 0) is 26.3 Å². The van der Waals surface area contributed by atoms with Gasteiger partial charge in [-0.1, -0.05) is 13.0 Å². The first-order valence-electron chi connectivity index (χ1n) is 6.14. The molecule has 0 saturated carbocycles. The first kappa shape index (κ1) is 16.2. The summed E-state index contributed by atoms with van der Waals surface area (Å²) in [5.41, 5.74) is 9.47. The molecule has 102 valence electrons. The van der Waals surface area contributed by atoms with Crippen LogP contribution in [0.5, 0.6) is 0 Å². The van der Waals surface area contributed by atoms with Crippen LogP contribution in [0.1, 0.15) is 33.6 Å². The highest BCUT2D eigenvalue weighted by Gasteiger charge is 2.12. The number of carbonyl (C=O) groups is 1. The minimum Gasteiger partial charge on any atom is -0.398 e. The molecule has 0 spiro atoms. The summed E-state index contributed by atoms with van der Waals surface area (Å²) < 4.78 is 0. The van der Waals surface area contributed by atoms with Gasteiger partial charge in [0.1, 0.15) is 0 Å². The lowest BCUT2D eigenvalue weighted by Crippen LogP contribution is -2.36. The molecule has 5 nitrogen and oxygen atoms in total. The fraction of sp³-hybridized carbons (Fsp3) is 0.538. The summed E-state index contributed by atoms with van der Waals surface area (Å²) in [6, 6.07) is 0.0722. The molecule has 5 heteroatoms. The number of rotatable bonds is 7. The molecule has 0 saturated heterocycles. The van der Waals surface area contributed by atoms with Crippen molar-refractivity contribution in [2.75, 3.05) is 7.05 Å². The molecule has 0 aliphatic carbocycles. The van der Waals surface area contributed by atoms with Crippen LogP contribution in [0.4, 0.5) is 0 Å². The molecule has 0 fully saturated rings. The minimum atomic E-state index is -0.129. The largest absolute Gasteiger partial charge is 0.398 e. The van der Waals surface area contributed by atoms with Gasteiger partial charge in [-0.2, -0.15) is 5.10 Å². The Morgan fingerprint density at radius 3 is 2.67 bits per heavy atom. The van der Waals surface area contributed by atoms with Gasteiger partial charge in [0.05, 0.1) is 0 Å². The Hall–Kier alpha value is -1.78. The maximum absolute atomic E-state index is 11.9. The molecule has 1 amide bonds. The Bertz CT molecular complexity index is 345. The summed E-state index contributed by atoms with van der Waals surface area (Å²) in [7, 11) is 1.74.